The first-order valence-electron chi connectivity index (χ1n) is 8.57. The topological polar surface area (TPSA) is 122 Å². The molecule has 0 radical (unpaired) electrons. The highest BCUT2D eigenvalue weighted by Crippen LogP contribution is 2.30. The van der Waals surface area contributed by atoms with Gasteiger partial charge < -0.3 is 10.6 Å². The molecule has 1 unspecified atom stereocenters. The number of anilines is 1. The molecule has 1 heterocycles. The number of aryl methyl sites for hydroxylation is 1. The maximum atomic E-state index is 13.6. The van der Waals surface area contributed by atoms with Crippen molar-refractivity contribution in [3.05, 3.63) is 69.5 Å². The number of benzene rings is 2. The van der Waals surface area contributed by atoms with Crippen molar-refractivity contribution in [1.29, 1.82) is 0 Å². The lowest BCUT2D eigenvalue weighted by molar-refractivity contribution is -0.385. The molecule has 2 aromatic carbocycles. The van der Waals surface area contributed by atoms with Gasteiger partial charge in [-0.15, -0.1) is 0 Å². The number of non-ortho nitro benzene ring substituents is 1. The van der Waals surface area contributed by atoms with Crippen LogP contribution in [0.3, 0.4) is 0 Å². The van der Waals surface area contributed by atoms with Crippen LogP contribution >= 0.6 is 0 Å². The summed E-state index contributed by atoms with van der Waals surface area (Å²) in [5.41, 5.74) is -0.979. The van der Waals surface area contributed by atoms with Crippen molar-refractivity contribution in [2.45, 2.75) is 19.4 Å². The van der Waals surface area contributed by atoms with Crippen molar-refractivity contribution in [1.82, 2.24) is 10.2 Å². The summed E-state index contributed by atoms with van der Waals surface area (Å²) in [6, 6.07) is 8.63. The number of hydrogen-bond acceptors (Lipinski definition) is 5. The number of nitrogens with one attached hydrogen (secondary N) is 2. The number of nitrogens with zero attached hydrogens (tertiary/aromatic N) is 2. The fourth-order valence-corrected chi connectivity index (χ4v) is 2.98. The highest BCUT2D eigenvalue weighted by Gasteiger charge is 2.49. The standard InChI is InChI=1S/C19H17FN4O5/c1-11-6-7-13(9-15(11)20)21-16(25)10-23-17(26)19(2,22-18(23)27)12-4-3-5-14(8-12)24(28)29/h3-9H,10H2,1-2H3,(H,21,25)(H,22,27). The van der Waals surface area contributed by atoms with Crippen LogP contribution in [0.5, 0.6) is 0 Å². The fraction of sp³-hybridized carbons (Fsp3) is 0.211. The summed E-state index contributed by atoms with van der Waals surface area (Å²) in [5, 5.41) is 15.9. The number of nitro groups is 1. The van der Waals surface area contributed by atoms with E-state index in [-0.39, 0.29) is 16.9 Å². The Kier molecular flexibility index (Phi) is 5.02. The summed E-state index contributed by atoms with van der Waals surface area (Å²) in [6.07, 6.45) is 0. The first kappa shape index (κ1) is 19.9. The predicted molar refractivity (Wildman–Crippen MR) is 100 cm³/mol. The number of rotatable bonds is 5. The lowest BCUT2D eigenvalue weighted by Crippen LogP contribution is -2.42. The molecule has 150 valence electrons. The largest absolute Gasteiger partial charge is 0.325 e. The fourth-order valence-electron chi connectivity index (χ4n) is 2.98. The summed E-state index contributed by atoms with van der Waals surface area (Å²) in [5.74, 6) is -1.93. The van der Waals surface area contributed by atoms with Gasteiger partial charge in [-0.2, -0.15) is 0 Å². The molecule has 4 amide bonds. The number of hydrogen-bond donors (Lipinski definition) is 2. The molecule has 2 aromatic rings. The van der Waals surface area contributed by atoms with Crippen LogP contribution in [0.4, 0.5) is 20.6 Å². The van der Waals surface area contributed by atoms with Crippen LogP contribution in [0, 0.1) is 22.9 Å². The Labute approximate surface area is 164 Å². The van der Waals surface area contributed by atoms with Crippen molar-refractivity contribution in [2.24, 2.45) is 0 Å². The minimum Gasteiger partial charge on any atom is -0.324 e. The number of halogens is 1. The summed E-state index contributed by atoms with van der Waals surface area (Å²) >= 11 is 0. The molecular weight excluding hydrogens is 383 g/mol. The van der Waals surface area contributed by atoms with E-state index in [1.165, 1.54) is 43.3 Å². The van der Waals surface area contributed by atoms with Crippen molar-refractivity contribution in [3.8, 4) is 0 Å². The Hall–Kier alpha value is -3.82. The zero-order valence-electron chi connectivity index (χ0n) is 15.6. The first-order valence-corrected chi connectivity index (χ1v) is 8.57. The van der Waals surface area contributed by atoms with Crippen LogP contribution in [0.1, 0.15) is 18.1 Å². The number of urea groups is 1. The summed E-state index contributed by atoms with van der Waals surface area (Å²) in [6.45, 7) is 2.38. The molecule has 1 atom stereocenters. The average Bonchev–Trinajstić information content (AvgIpc) is 2.89. The maximum absolute atomic E-state index is 13.6. The zero-order valence-corrected chi connectivity index (χ0v) is 15.6. The minimum absolute atomic E-state index is 0.187. The summed E-state index contributed by atoms with van der Waals surface area (Å²) < 4.78 is 13.6. The van der Waals surface area contributed by atoms with E-state index in [0.29, 0.717) is 10.5 Å². The van der Waals surface area contributed by atoms with E-state index in [9.17, 15) is 28.9 Å². The first-order chi connectivity index (χ1) is 13.6. The van der Waals surface area contributed by atoms with Gasteiger partial charge in [0.15, 0.2) is 0 Å². The van der Waals surface area contributed by atoms with Crippen molar-refractivity contribution < 1.29 is 23.7 Å². The molecule has 2 N–H and O–H groups in total. The van der Waals surface area contributed by atoms with Gasteiger partial charge in [-0.05, 0) is 37.1 Å². The number of imide groups is 1. The van der Waals surface area contributed by atoms with Gasteiger partial charge in [0.25, 0.3) is 11.6 Å². The van der Waals surface area contributed by atoms with Crippen molar-refractivity contribution in [2.75, 3.05) is 11.9 Å². The number of carbonyl (C=O) groups is 3. The van der Waals surface area contributed by atoms with E-state index in [2.05, 4.69) is 10.6 Å². The number of amides is 4. The monoisotopic (exact) mass is 400 g/mol. The van der Waals surface area contributed by atoms with Gasteiger partial charge in [0.2, 0.25) is 5.91 Å². The van der Waals surface area contributed by atoms with E-state index in [1.54, 1.807) is 6.92 Å². The second-order valence-electron chi connectivity index (χ2n) is 6.77. The van der Waals surface area contributed by atoms with Gasteiger partial charge in [0.1, 0.15) is 17.9 Å². The summed E-state index contributed by atoms with van der Waals surface area (Å²) in [4.78, 5) is 48.5. The van der Waals surface area contributed by atoms with Gasteiger partial charge in [-0.1, -0.05) is 18.2 Å². The molecule has 1 aliphatic rings. The van der Waals surface area contributed by atoms with E-state index >= 15 is 0 Å². The molecule has 1 saturated heterocycles. The van der Waals surface area contributed by atoms with Gasteiger partial charge >= 0.3 is 6.03 Å². The van der Waals surface area contributed by atoms with Crippen LogP contribution in [0.2, 0.25) is 0 Å². The van der Waals surface area contributed by atoms with Crippen LogP contribution in [-0.2, 0) is 15.1 Å². The van der Waals surface area contributed by atoms with Crippen molar-refractivity contribution >= 4 is 29.2 Å². The second-order valence-corrected chi connectivity index (χ2v) is 6.77. The predicted octanol–water partition coefficient (Wildman–Crippen LogP) is 2.45. The molecule has 1 fully saturated rings. The summed E-state index contributed by atoms with van der Waals surface area (Å²) in [7, 11) is 0. The minimum atomic E-state index is -1.56. The van der Waals surface area contributed by atoms with E-state index < -0.39 is 40.7 Å². The van der Waals surface area contributed by atoms with Gasteiger partial charge in [-0.3, -0.25) is 24.6 Å². The average molecular weight is 400 g/mol. The molecule has 9 nitrogen and oxygen atoms in total. The quantitative estimate of drug-likeness (QED) is 0.454. The Balaban J connectivity index is 1.77. The molecule has 0 aromatic heterocycles. The third-order valence-corrected chi connectivity index (χ3v) is 4.67. The third kappa shape index (κ3) is 3.77. The van der Waals surface area contributed by atoms with Crippen molar-refractivity contribution in [3.63, 3.8) is 0 Å². The number of carbonyl (C=O) groups excluding carboxylic acids is 3. The molecule has 0 saturated carbocycles. The Morgan fingerprint density at radius 1 is 1.28 bits per heavy atom. The highest BCUT2D eigenvalue weighted by atomic mass is 19.1. The maximum Gasteiger partial charge on any atom is 0.325 e. The van der Waals surface area contributed by atoms with Crippen LogP contribution < -0.4 is 10.6 Å². The van der Waals surface area contributed by atoms with E-state index in [0.717, 1.165) is 6.07 Å². The van der Waals surface area contributed by atoms with Gasteiger partial charge in [0.05, 0.1) is 4.92 Å². The van der Waals surface area contributed by atoms with Crippen LogP contribution in [0.25, 0.3) is 0 Å². The van der Waals surface area contributed by atoms with Crippen LogP contribution in [-0.4, -0.2) is 34.2 Å². The lowest BCUT2D eigenvalue weighted by Gasteiger charge is -2.22. The number of nitro benzene ring substituents is 1. The van der Waals surface area contributed by atoms with Crippen LogP contribution in [0.15, 0.2) is 42.5 Å². The third-order valence-electron chi connectivity index (χ3n) is 4.67. The molecule has 0 spiro atoms. The molecular formula is C19H17FN4O5. The Bertz CT molecular complexity index is 1040. The SMILES string of the molecule is Cc1ccc(NC(=O)CN2C(=O)NC(C)(c3cccc([N+](=O)[O-])c3)C2=O)cc1F. The molecule has 0 bridgehead atoms. The Morgan fingerprint density at radius 3 is 2.66 bits per heavy atom. The molecule has 29 heavy (non-hydrogen) atoms. The normalized spacial score (nSPS) is 18.5. The molecule has 1 aliphatic heterocycles. The van der Waals surface area contributed by atoms with E-state index in [1.807, 2.05) is 0 Å². The van der Waals surface area contributed by atoms with E-state index in [4.69, 9.17) is 0 Å². The molecule has 10 heteroatoms. The Morgan fingerprint density at radius 2 is 2.00 bits per heavy atom. The van der Waals surface area contributed by atoms with Gasteiger partial charge in [0, 0.05) is 17.8 Å². The lowest BCUT2D eigenvalue weighted by atomic mass is 9.91. The molecule has 3 rings (SSSR count). The smallest absolute Gasteiger partial charge is 0.324 e. The zero-order chi connectivity index (χ0) is 21.3. The highest BCUT2D eigenvalue weighted by molar-refractivity contribution is 6.10. The van der Waals surface area contributed by atoms with Gasteiger partial charge in [-0.25, -0.2) is 9.18 Å². The molecule has 0 aliphatic carbocycles. The second kappa shape index (κ2) is 7.30.